The number of aliphatic hydroxyl groups excluding tert-OH is 1. The molecule has 24 heavy (non-hydrogen) atoms. The number of carbonyl (C=O) groups excluding carboxylic acids is 1. The number of piperidine rings is 1. The molecule has 0 aromatic heterocycles. The number of hydrogen-bond donors (Lipinski definition) is 2. The van der Waals surface area contributed by atoms with E-state index < -0.39 is 12.7 Å². The molecule has 1 atom stereocenters. The van der Waals surface area contributed by atoms with E-state index in [4.69, 9.17) is 0 Å². The first-order valence-corrected chi connectivity index (χ1v) is 8.16. The second-order valence-corrected chi connectivity index (χ2v) is 6.23. The minimum Gasteiger partial charge on any atom is -0.435 e. The van der Waals surface area contributed by atoms with E-state index in [-0.39, 0.29) is 18.2 Å². The van der Waals surface area contributed by atoms with Crippen molar-refractivity contribution in [1.29, 1.82) is 0 Å². The van der Waals surface area contributed by atoms with Gasteiger partial charge in [0, 0.05) is 6.54 Å². The van der Waals surface area contributed by atoms with E-state index >= 15 is 0 Å². The van der Waals surface area contributed by atoms with Gasteiger partial charge in [0.1, 0.15) is 5.75 Å². The smallest absolute Gasteiger partial charge is 0.387 e. The number of amides is 1. The van der Waals surface area contributed by atoms with Crippen molar-refractivity contribution in [2.75, 3.05) is 26.2 Å². The Kier molecular flexibility index (Phi) is 6.93. The van der Waals surface area contributed by atoms with Crippen LogP contribution in [0.3, 0.4) is 0 Å². The Bertz CT molecular complexity index is 517. The standard InChI is InChI=1S/C17H24F2N2O3/c1-12-6-8-21(9-7-12)11-16(23)20-10-15(22)13-2-4-14(5-3-13)24-17(18)19/h2-5,12,15,17,22H,6-11H2,1H3,(H,20,23). The summed E-state index contributed by atoms with van der Waals surface area (Å²) in [7, 11) is 0. The van der Waals surface area contributed by atoms with E-state index in [9.17, 15) is 18.7 Å². The van der Waals surface area contributed by atoms with Gasteiger partial charge < -0.3 is 15.2 Å². The zero-order valence-corrected chi connectivity index (χ0v) is 13.8. The molecular formula is C17H24F2N2O3. The third kappa shape index (κ3) is 6.05. The van der Waals surface area contributed by atoms with E-state index in [2.05, 4.69) is 21.9 Å². The van der Waals surface area contributed by atoms with Crippen LogP contribution >= 0.6 is 0 Å². The Hall–Kier alpha value is -1.73. The Labute approximate surface area is 140 Å². The highest BCUT2D eigenvalue weighted by molar-refractivity contribution is 5.78. The summed E-state index contributed by atoms with van der Waals surface area (Å²) >= 11 is 0. The number of rotatable bonds is 7. The molecule has 1 aliphatic rings. The predicted molar refractivity (Wildman–Crippen MR) is 85.9 cm³/mol. The third-order valence-corrected chi connectivity index (χ3v) is 4.23. The SMILES string of the molecule is CC1CCN(CC(=O)NCC(O)c2ccc(OC(F)F)cc2)CC1. The molecule has 1 aliphatic heterocycles. The van der Waals surface area contributed by atoms with Gasteiger partial charge in [0.05, 0.1) is 12.6 Å². The fraction of sp³-hybridized carbons (Fsp3) is 0.588. The van der Waals surface area contributed by atoms with Crippen molar-refractivity contribution in [1.82, 2.24) is 10.2 Å². The van der Waals surface area contributed by atoms with E-state index in [1.54, 1.807) is 0 Å². The molecule has 1 heterocycles. The maximum atomic E-state index is 12.1. The van der Waals surface area contributed by atoms with Crippen LogP contribution in [0.1, 0.15) is 31.4 Å². The molecule has 7 heteroatoms. The lowest BCUT2D eigenvalue weighted by Crippen LogP contribution is -2.42. The van der Waals surface area contributed by atoms with Gasteiger partial charge in [-0.2, -0.15) is 8.78 Å². The zero-order chi connectivity index (χ0) is 17.5. The van der Waals surface area contributed by atoms with Crippen molar-refractivity contribution in [2.45, 2.75) is 32.5 Å². The minimum atomic E-state index is -2.88. The highest BCUT2D eigenvalue weighted by Gasteiger charge is 2.18. The van der Waals surface area contributed by atoms with Gasteiger partial charge in [-0.05, 0) is 49.5 Å². The Morgan fingerprint density at radius 1 is 1.33 bits per heavy atom. The number of benzene rings is 1. The molecule has 0 spiro atoms. The van der Waals surface area contributed by atoms with Crippen LogP contribution in [0.25, 0.3) is 0 Å². The summed E-state index contributed by atoms with van der Waals surface area (Å²) in [5.41, 5.74) is 0.531. The average molecular weight is 342 g/mol. The first-order chi connectivity index (χ1) is 11.4. The molecule has 134 valence electrons. The summed E-state index contributed by atoms with van der Waals surface area (Å²) < 4.78 is 28.4. The first kappa shape index (κ1) is 18.6. The lowest BCUT2D eigenvalue weighted by molar-refractivity contribution is -0.123. The predicted octanol–water partition coefficient (Wildman–Crippen LogP) is 2.17. The molecule has 1 unspecified atom stereocenters. The van der Waals surface area contributed by atoms with Crippen molar-refractivity contribution in [3.05, 3.63) is 29.8 Å². The topological polar surface area (TPSA) is 61.8 Å². The maximum absolute atomic E-state index is 12.1. The normalized spacial score (nSPS) is 17.7. The zero-order valence-electron chi connectivity index (χ0n) is 13.8. The fourth-order valence-electron chi connectivity index (χ4n) is 2.68. The monoisotopic (exact) mass is 342 g/mol. The van der Waals surface area contributed by atoms with Crippen LogP contribution in [0.4, 0.5) is 8.78 Å². The number of ether oxygens (including phenoxy) is 1. The summed E-state index contributed by atoms with van der Waals surface area (Å²) in [6.45, 7) is 1.59. The molecule has 1 aromatic rings. The Balaban J connectivity index is 1.73. The Morgan fingerprint density at radius 2 is 1.96 bits per heavy atom. The van der Waals surface area contributed by atoms with E-state index in [1.807, 2.05) is 0 Å². The molecule has 5 nitrogen and oxygen atoms in total. The molecule has 2 rings (SSSR count). The van der Waals surface area contributed by atoms with Crippen molar-refractivity contribution >= 4 is 5.91 Å². The van der Waals surface area contributed by atoms with Gasteiger partial charge in [0.15, 0.2) is 0 Å². The average Bonchev–Trinajstić information content (AvgIpc) is 2.55. The number of likely N-dealkylation sites (tertiary alicyclic amines) is 1. The highest BCUT2D eigenvalue weighted by Crippen LogP contribution is 2.19. The van der Waals surface area contributed by atoms with E-state index in [1.165, 1.54) is 24.3 Å². The summed E-state index contributed by atoms with van der Waals surface area (Å²) in [6, 6.07) is 5.73. The molecular weight excluding hydrogens is 318 g/mol. The van der Waals surface area contributed by atoms with Crippen molar-refractivity contribution in [2.24, 2.45) is 5.92 Å². The van der Waals surface area contributed by atoms with E-state index in [0.29, 0.717) is 18.0 Å². The summed E-state index contributed by atoms with van der Waals surface area (Å²) in [6.07, 6.45) is 1.31. The van der Waals surface area contributed by atoms with Crippen molar-refractivity contribution < 1.29 is 23.4 Å². The van der Waals surface area contributed by atoms with Crippen LogP contribution in [0.15, 0.2) is 24.3 Å². The van der Waals surface area contributed by atoms with Crippen LogP contribution in [-0.4, -0.2) is 48.7 Å². The number of aliphatic hydroxyl groups is 1. The molecule has 1 fully saturated rings. The van der Waals surface area contributed by atoms with Crippen molar-refractivity contribution in [3.8, 4) is 5.75 Å². The van der Waals surface area contributed by atoms with Gasteiger partial charge in [0.25, 0.3) is 0 Å². The van der Waals surface area contributed by atoms with Gasteiger partial charge in [-0.25, -0.2) is 0 Å². The lowest BCUT2D eigenvalue weighted by Gasteiger charge is -2.29. The maximum Gasteiger partial charge on any atom is 0.387 e. The first-order valence-electron chi connectivity index (χ1n) is 8.16. The van der Waals surface area contributed by atoms with Crippen LogP contribution in [0, 0.1) is 5.92 Å². The fourth-order valence-corrected chi connectivity index (χ4v) is 2.68. The van der Waals surface area contributed by atoms with Gasteiger partial charge in [-0.3, -0.25) is 9.69 Å². The second-order valence-electron chi connectivity index (χ2n) is 6.23. The number of nitrogens with one attached hydrogen (secondary N) is 1. The largest absolute Gasteiger partial charge is 0.435 e. The molecule has 1 aromatic carbocycles. The second kappa shape index (κ2) is 8.94. The molecule has 2 N–H and O–H groups in total. The van der Waals surface area contributed by atoms with Crippen LogP contribution < -0.4 is 10.1 Å². The van der Waals surface area contributed by atoms with Crippen molar-refractivity contribution in [3.63, 3.8) is 0 Å². The van der Waals surface area contributed by atoms with Gasteiger partial charge >= 0.3 is 6.61 Å². The van der Waals surface area contributed by atoms with Gasteiger partial charge in [0.2, 0.25) is 5.91 Å². The quantitative estimate of drug-likeness (QED) is 0.797. The highest BCUT2D eigenvalue weighted by atomic mass is 19.3. The number of halogens is 2. The number of nitrogens with zero attached hydrogens (tertiary/aromatic N) is 1. The summed E-state index contributed by atoms with van der Waals surface area (Å²) in [5, 5.41) is 12.8. The molecule has 0 aliphatic carbocycles. The number of hydrogen-bond acceptors (Lipinski definition) is 4. The number of carbonyl (C=O) groups is 1. The van der Waals surface area contributed by atoms with Gasteiger partial charge in [-0.15, -0.1) is 0 Å². The van der Waals surface area contributed by atoms with Crippen LogP contribution in [-0.2, 0) is 4.79 Å². The molecule has 0 saturated carbocycles. The molecule has 1 saturated heterocycles. The molecule has 0 radical (unpaired) electrons. The lowest BCUT2D eigenvalue weighted by atomic mass is 9.99. The minimum absolute atomic E-state index is 0.0318. The molecule has 0 bridgehead atoms. The summed E-state index contributed by atoms with van der Waals surface area (Å²) in [4.78, 5) is 14.0. The van der Waals surface area contributed by atoms with Crippen LogP contribution in [0.5, 0.6) is 5.75 Å². The third-order valence-electron chi connectivity index (χ3n) is 4.23. The molecule has 1 amide bonds. The van der Waals surface area contributed by atoms with Crippen LogP contribution in [0.2, 0.25) is 0 Å². The Morgan fingerprint density at radius 3 is 2.54 bits per heavy atom. The summed E-state index contributed by atoms with van der Waals surface area (Å²) in [5.74, 6) is 0.619. The number of alkyl halides is 2. The van der Waals surface area contributed by atoms with E-state index in [0.717, 1.165) is 25.9 Å². The van der Waals surface area contributed by atoms with Gasteiger partial charge in [-0.1, -0.05) is 19.1 Å².